The number of hydrogen-bond acceptors (Lipinski definition) is 6. The van der Waals surface area contributed by atoms with Crippen molar-refractivity contribution in [1.29, 1.82) is 0 Å². The van der Waals surface area contributed by atoms with Crippen LogP contribution in [0.15, 0.2) is 30.3 Å². The Balaban J connectivity index is 2.35. The fourth-order valence-corrected chi connectivity index (χ4v) is 2.51. The number of aliphatic hydroxyl groups is 1. The third kappa shape index (κ3) is 2.53. The number of hydrogen-bond donors (Lipinski definition) is 2. The molecular weight excluding hydrogens is 280 g/mol. The molecule has 3 atom stereocenters. The summed E-state index contributed by atoms with van der Waals surface area (Å²) in [5, 5.41) is 10.2. The molecule has 108 valence electrons. The molecule has 1 aliphatic heterocycles. The Kier molecular flexibility index (Phi) is 3.80. The van der Waals surface area contributed by atoms with Gasteiger partial charge in [0, 0.05) is 13.3 Å². The molecule has 0 aliphatic carbocycles. The van der Waals surface area contributed by atoms with Crippen molar-refractivity contribution >= 4 is 24.6 Å². The van der Waals surface area contributed by atoms with E-state index in [2.05, 4.69) is 12.6 Å². The lowest BCUT2D eigenvalue weighted by Gasteiger charge is -2.44. The van der Waals surface area contributed by atoms with Crippen molar-refractivity contribution in [2.24, 2.45) is 0 Å². The van der Waals surface area contributed by atoms with E-state index in [0.717, 1.165) is 5.56 Å². The number of cyclic esters (lactones) is 1. The Morgan fingerprint density at radius 2 is 2.05 bits per heavy atom. The summed E-state index contributed by atoms with van der Waals surface area (Å²) in [7, 11) is 0. The summed E-state index contributed by atoms with van der Waals surface area (Å²) in [6.07, 6.45) is -0.556. The molecule has 0 amide bonds. The van der Waals surface area contributed by atoms with Gasteiger partial charge in [0.15, 0.2) is 4.93 Å². The van der Waals surface area contributed by atoms with Gasteiger partial charge in [0.1, 0.15) is 6.10 Å². The van der Waals surface area contributed by atoms with Gasteiger partial charge in [0.05, 0.1) is 0 Å². The molecule has 20 heavy (non-hydrogen) atoms. The lowest BCUT2D eigenvalue weighted by atomic mass is 9.88. The van der Waals surface area contributed by atoms with Gasteiger partial charge >= 0.3 is 11.9 Å². The maximum Gasteiger partial charge on any atom is 0.343 e. The Labute approximate surface area is 122 Å². The van der Waals surface area contributed by atoms with Crippen LogP contribution in [0.4, 0.5) is 0 Å². The lowest BCUT2D eigenvalue weighted by molar-refractivity contribution is -0.214. The summed E-state index contributed by atoms with van der Waals surface area (Å²) in [6.45, 7) is 2.43. The van der Waals surface area contributed by atoms with Crippen LogP contribution in [-0.4, -0.2) is 27.6 Å². The van der Waals surface area contributed by atoms with Crippen molar-refractivity contribution in [3.63, 3.8) is 0 Å². The molecule has 1 fully saturated rings. The number of thiol groups is 1. The van der Waals surface area contributed by atoms with Crippen LogP contribution in [0.5, 0.6) is 0 Å². The highest BCUT2D eigenvalue weighted by atomic mass is 32.1. The molecule has 1 aliphatic rings. The quantitative estimate of drug-likeness (QED) is 0.493. The average Bonchev–Trinajstić information content (AvgIpc) is 2.36. The van der Waals surface area contributed by atoms with Crippen molar-refractivity contribution in [3.05, 3.63) is 35.9 Å². The molecule has 3 unspecified atom stereocenters. The minimum atomic E-state index is -2.01. The van der Waals surface area contributed by atoms with Gasteiger partial charge in [-0.15, -0.1) is 12.6 Å². The second-order valence-electron chi connectivity index (χ2n) is 4.96. The summed E-state index contributed by atoms with van der Waals surface area (Å²) < 4.78 is 10.3. The van der Waals surface area contributed by atoms with Crippen LogP contribution in [-0.2, 0) is 19.1 Å². The predicted molar refractivity (Wildman–Crippen MR) is 74.0 cm³/mol. The fourth-order valence-electron chi connectivity index (χ4n) is 2.13. The molecule has 0 saturated carbocycles. The zero-order valence-corrected chi connectivity index (χ0v) is 12.1. The van der Waals surface area contributed by atoms with E-state index in [1.54, 1.807) is 12.1 Å². The van der Waals surface area contributed by atoms with Crippen LogP contribution in [0, 0.1) is 0 Å². The molecule has 1 N–H and O–H groups in total. The third-order valence-electron chi connectivity index (χ3n) is 3.35. The van der Waals surface area contributed by atoms with Crippen molar-refractivity contribution < 1.29 is 24.2 Å². The highest BCUT2D eigenvalue weighted by molar-refractivity contribution is 7.81. The van der Waals surface area contributed by atoms with Crippen molar-refractivity contribution in [2.75, 3.05) is 0 Å². The Bertz CT molecular complexity index is 528. The van der Waals surface area contributed by atoms with E-state index in [9.17, 15) is 14.7 Å². The van der Waals surface area contributed by atoms with Crippen molar-refractivity contribution in [1.82, 2.24) is 0 Å². The Morgan fingerprint density at radius 1 is 1.45 bits per heavy atom. The number of esters is 2. The second-order valence-corrected chi connectivity index (χ2v) is 5.68. The summed E-state index contributed by atoms with van der Waals surface area (Å²) in [6, 6.07) is 9.04. The number of rotatable bonds is 2. The van der Waals surface area contributed by atoms with E-state index in [1.165, 1.54) is 13.8 Å². The molecule has 0 spiro atoms. The maximum absolute atomic E-state index is 12.0. The van der Waals surface area contributed by atoms with E-state index in [1.807, 2.05) is 18.2 Å². The largest absolute Gasteiger partial charge is 0.455 e. The molecule has 1 aromatic carbocycles. The van der Waals surface area contributed by atoms with E-state index >= 15 is 0 Å². The van der Waals surface area contributed by atoms with Gasteiger partial charge in [-0.3, -0.25) is 4.79 Å². The first-order valence-corrected chi connectivity index (χ1v) is 6.61. The van der Waals surface area contributed by atoms with Gasteiger partial charge in [-0.2, -0.15) is 0 Å². The number of carbonyl (C=O) groups is 2. The fraction of sp³-hybridized carbons (Fsp3) is 0.429. The zero-order chi connectivity index (χ0) is 15.0. The van der Waals surface area contributed by atoms with Gasteiger partial charge in [0.25, 0.3) is 0 Å². The van der Waals surface area contributed by atoms with Crippen LogP contribution in [0.2, 0.25) is 0 Å². The van der Waals surface area contributed by atoms with Crippen molar-refractivity contribution in [3.8, 4) is 0 Å². The molecule has 1 aromatic rings. The first-order valence-electron chi connectivity index (χ1n) is 6.16. The summed E-state index contributed by atoms with van der Waals surface area (Å²) in [4.78, 5) is 21.6. The molecule has 1 saturated heterocycles. The summed E-state index contributed by atoms with van der Waals surface area (Å²) in [5.74, 6) is -1.49. The molecule has 0 aromatic heterocycles. The molecule has 0 bridgehead atoms. The smallest absolute Gasteiger partial charge is 0.343 e. The van der Waals surface area contributed by atoms with E-state index in [-0.39, 0.29) is 6.42 Å². The van der Waals surface area contributed by atoms with Gasteiger partial charge < -0.3 is 14.6 Å². The third-order valence-corrected chi connectivity index (χ3v) is 4.06. The minimum Gasteiger partial charge on any atom is -0.455 e. The van der Waals surface area contributed by atoms with E-state index < -0.39 is 28.6 Å². The van der Waals surface area contributed by atoms with Crippen LogP contribution in [0.25, 0.3) is 0 Å². The topological polar surface area (TPSA) is 72.8 Å². The Hall–Kier alpha value is -1.53. The highest BCUT2D eigenvalue weighted by Gasteiger charge is 2.59. The van der Waals surface area contributed by atoms with Crippen LogP contribution >= 0.6 is 12.6 Å². The van der Waals surface area contributed by atoms with Crippen LogP contribution in [0.3, 0.4) is 0 Å². The van der Waals surface area contributed by atoms with Crippen LogP contribution in [0.1, 0.15) is 31.9 Å². The monoisotopic (exact) mass is 296 g/mol. The van der Waals surface area contributed by atoms with Crippen molar-refractivity contribution in [2.45, 2.75) is 36.9 Å². The lowest BCUT2D eigenvalue weighted by Crippen LogP contribution is -2.60. The average molecular weight is 296 g/mol. The molecule has 5 nitrogen and oxygen atoms in total. The molecular formula is C14H16O5S. The van der Waals surface area contributed by atoms with Gasteiger partial charge in [-0.25, -0.2) is 4.79 Å². The van der Waals surface area contributed by atoms with Gasteiger partial charge in [0.2, 0.25) is 5.60 Å². The summed E-state index contributed by atoms with van der Waals surface area (Å²) in [5.41, 5.74) is -1.26. The van der Waals surface area contributed by atoms with Gasteiger partial charge in [-0.1, -0.05) is 30.3 Å². The number of ether oxygens (including phenoxy) is 2. The first-order chi connectivity index (χ1) is 9.26. The predicted octanol–water partition coefficient (Wildman–Crippen LogP) is 1.61. The molecule has 1 heterocycles. The number of benzene rings is 1. The first kappa shape index (κ1) is 14.9. The SMILES string of the molecule is CC(=O)OC1(S)CC(c2ccccc2)OC(=O)C1(C)O. The molecule has 2 rings (SSSR count). The maximum atomic E-state index is 12.0. The standard InChI is InChI=1S/C14H16O5S/c1-9(15)19-14(20)8-11(10-6-4-3-5-7-10)18-12(16)13(14,2)17/h3-7,11,17,20H,8H2,1-2H3. The minimum absolute atomic E-state index is 0.0679. The molecule has 6 heteroatoms. The second kappa shape index (κ2) is 5.10. The zero-order valence-electron chi connectivity index (χ0n) is 11.2. The highest BCUT2D eigenvalue weighted by Crippen LogP contribution is 2.45. The van der Waals surface area contributed by atoms with Crippen LogP contribution < -0.4 is 0 Å². The Morgan fingerprint density at radius 3 is 2.60 bits per heavy atom. The van der Waals surface area contributed by atoms with Gasteiger partial charge in [-0.05, 0) is 12.5 Å². The van der Waals surface area contributed by atoms with E-state index in [4.69, 9.17) is 9.47 Å². The summed E-state index contributed by atoms with van der Waals surface area (Å²) >= 11 is 4.24. The normalized spacial score (nSPS) is 33.4. The van der Waals surface area contributed by atoms with E-state index in [0.29, 0.717) is 0 Å². The number of carbonyl (C=O) groups excluding carboxylic acids is 2. The molecule has 0 radical (unpaired) electrons.